The van der Waals surface area contributed by atoms with E-state index in [0.717, 1.165) is 22.7 Å². The first kappa shape index (κ1) is 23.5. The van der Waals surface area contributed by atoms with Crippen molar-refractivity contribution in [1.82, 2.24) is 20.2 Å². The average Bonchev–Trinajstić information content (AvgIpc) is 3.20. The smallest absolute Gasteiger partial charge is 0.250 e. The minimum absolute atomic E-state index is 0.0984. The van der Waals surface area contributed by atoms with Crippen molar-refractivity contribution in [1.29, 1.82) is 0 Å². The third-order valence-corrected chi connectivity index (χ3v) is 5.86. The highest BCUT2D eigenvalue weighted by molar-refractivity contribution is 7.99. The van der Waals surface area contributed by atoms with E-state index in [1.165, 1.54) is 17.3 Å². The Labute approximate surface area is 193 Å². The third kappa shape index (κ3) is 5.97. The lowest BCUT2D eigenvalue weighted by Crippen LogP contribution is -2.20. The van der Waals surface area contributed by atoms with E-state index in [1.54, 1.807) is 13.3 Å². The Bertz CT molecular complexity index is 1070. The molecule has 0 fully saturated rings. The van der Waals surface area contributed by atoms with Crippen LogP contribution in [0, 0.1) is 0 Å². The van der Waals surface area contributed by atoms with Crippen LogP contribution < -0.4 is 10.2 Å². The molecule has 0 unspecified atom stereocenters. The number of carbonyl (C=O) groups excluding carboxylic acids is 1. The summed E-state index contributed by atoms with van der Waals surface area (Å²) >= 11 is 1.34. The summed E-state index contributed by atoms with van der Waals surface area (Å²) < 4.78 is 7.14. The van der Waals surface area contributed by atoms with Gasteiger partial charge in [0.15, 0.2) is 11.0 Å². The highest BCUT2D eigenvalue weighted by atomic mass is 32.2. The first-order valence-corrected chi connectivity index (χ1v) is 11.4. The molecule has 0 aliphatic heterocycles. The molecule has 168 valence electrons. The van der Waals surface area contributed by atoms with Gasteiger partial charge in [-0.25, -0.2) is 5.43 Å². The van der Waals surface area contributed by atoms with Crippen molar-refractivity contribution in [3.05, 3.63) is 59.7 Å². The third-order valence-electron chi connectivity index (χ3n) is 4.89. The van der Waals surface area contributed by atoms with Crippen LogP contribution in [0.3, 0.4) is 0 Å². The second-order valence-electron chi connectivity index (χ2n) is 8.23. The van der Waals surface area contributed by atoms with Crippen LogP contribution >= 0.6 is 11.8 Å². The zero-order chi connectivity index (χ0) is 23.1. The SMILES string of the molecule is CCn1c(SCC(=O)N/N=C/c2ccc(OC)cc2)nnc1-c1ccc(C(C)(C)C)cc1. The molecule has 3 rings (SSSR count). The molecule has 8 heteroatoms. The summed E-state index contributed by atoms with van der Waals surface area (Å²) in [6, 6.07) is 15.8. The molecule has 0 radical (unpaired) electrons. The van der Waals surface area contributed by atoms with Crippen LogP contribution in [0.2, 0.25) is 0 Å². The minimum atomic E-state index is -0.207. The number of hydrogen-bond donors (Lipinski definition) is 1. The van der Waals surface area contributed by atoms with Gasteiger partial charge in [0.1, 0.15) is 5.75 Å². The Balaban J connectivity index is 1.60. The molecule has 1 heterocycles. The molecule has 1 N–H and O–H groups in total. The lowest BCUT2D eigenvalue weighted by molar-refractivity contribution is -0.118. The summed E-state index contributed by atoms with van der Waals surface area (Å²) in [5.74, 6) is 1.56. The number of ether oxygens (including phenoxy) is 1. The lowest BCUT2D eigenvalue weighted by Gasteiger charge is -2.19. The van der Waals surface area contributed by atoms with Gasteiger partial charge < -0.3 is 9.30 Å². The van der Waals surface area contributed by atoms with Gasteiger partial charge in [-0.2, -0.15) is 5.10 Å². The van der Waals surface area contributed by atoms with E-state index >= 15 is 0 Å². The highest BCUT2D eigenvalue weighted by Gasteiger charge is 2.17. The Morgan fingerprint density at radius 2 is 1.81 bits per heavy atom. The monoisotopic (exact) mass is 451 g/mol. The highest BCUT2D eigenvalue weighted by Crippen LogP contribution is 2.27. The summed E-state index contributed by atoms with van der Waals surface area (Å²) in [7, 11) is 1.62. The second-order valence-corrected chi connectivity index (χ2v) is 9.18. The molecule has 0 saturated heterocycles. The summed E-state index contributed by atoms with van der Waals surface area (Å²) in [4.78, 5) is 12.2. The van der Waals surface area contributed by atoms with E-state index in [0.29, 0.717) is 11.7 Å². The number of amides is 1. The standard InChI is InChI=1S/C24H29N5O2S/c1-6-29-22(18-9-11-19(12-10-18)24(2,3)4)27-28-23(29)32-16-21(30)26-25-15-17-7-13-20(31-5)14-8-17/h7-15H,6,16H2,1-5H3,(H,26,30)/b25-15+. The zero-order valence-electron chi connectivity index (χ0n) is 19.1. The van der Waals surface area contributed by atoms with Gasteiger partial charge in [0.25, 0.3) is 5.91 Å². The quantitative estimate of drug-likeness (QED) is 0.309. The summed E-state index contributed by atoms with van der Waals surface area (Å²) in [5.41, 5.74) is 5.79. The molecule has 0 atom stereocenters. The van der Waals surface area contributed by atoms with Crippen LogP contribution in [-0.4, -0.2) is 39.7 Å². The maximum Gasteiger partial charge on any atom is 0.250 e. The van der Waals surface area contributed by atoms with Crippen molar-refractivity contribution in [2.75, 3.05) is 12.9 Å². The predicted octanol–water partition coefficient (Wildman–Crippen LogP) is 4.51. The number of nitrogens with one attached hydrogen (secondary N) is 1. The fourth-order valence-corrected chi connectivity index (χ4v) is 3.84. The molecule has 1 aromatic heterocycles. The summed E-state index contributed by atoms with van der Waals surface area (Å²) in [6.07, 6.45) is 1.59. The molecule has 0 bridgehead atoms. The maximum atomic E-state index is 12.2. The van der Waals surface area contributed by atoms with E-state index in [-0.39, 0.29) is 17.1 Å². The number of nitrogens with zero attached hydrogens (tertiary/aromatic N) is 4. The fraction of sp³-hybridized carbons (Fsp3) is 0.333. The molecule has 0 spiro atoms. The summed E-state index contributed by atoms with van der Waals surface area (Å²) in [6.45, 7) is 9.33. The molecule has 0 aliphatic rings. The Kier molecular flexibility index (Phi) is 7.69. The van der Waals surface area contributed by atoms with Gasteiger partial charge in [0.2, 0.25) is 0 Å². The lowest BCUT2D eigenvalue weighted by atomic mass is 9.87. The van der Waals surface area contributed by atoms with E-state index < -0.39 is 0 Å². The van der Waals surface area contributed by atoms with E-state index in [1.807, 2.05) is 35.8 Å². The van der Waals surface area contributed by atoms with Crippen molar-refractivity contribution in [3.63, 3.8) is 0 Å². The van der Waals surface area contributed by atoms with Gasteiger partial charge in [-0.1, -0.05) is 56.8 Å². The summed E-state index contributed by atoms with van der Waals surface area (Å²) in [5, 5.41) is 13.4. The van der Waals surface area contributed by atoms with Crippen LogP contribution in [0.4, 0.5) is 0 Å². The molecular formula is C24H29N5O2S. The van der Waals surface area contributed by atoms with E-state index in [4.69, 9.17) is 4.74 Å². The van der Waals surface area contributed by atoms with Crippen LogP contribution in [0.1, 0.15) is 38.8 Å². The molecule has 0 aliphatic carbocycles. The van der Waals surface area contributed by atoms with E-state index in [9.17, 15) is 4.79 Å². The van der Waals surface area contributed by atoms with Gasteiger partial charge in [0.05, 0.1) is 19.1 Å². The normalized spacial score (nSPS) is 11.7. The van der Waals surface area contributed by atoms with Crippen molar-refractivity contribution < 1.29 is 9.53 Å². The number of rotatable bonds is 8. The first-order chi connectivity index (χ1) is 15.3. The molecule has 3 aromatic rings. The van der Waals surface area contributed by atoms with Crippen LogP contribution in [0.25, 0.3) is 11.4 Å². The molecule has 2 aromatic carbocycles. The zero-order valence-corrected chi connectivity index (χ0v) is 19.9. The van der Waals surface area contributed by atoms with Crippen LogP contribution in [0.15, 0.2) is 58.8 Å². The van der Waals surface area contributed by atoms with Gasteiger partial charge in [0, 0.05) is 12.1 Å². The average molecular weight is 452 g/mol. The number of carbonyl (C=O) groups is 1. The Morgan fingerprint density at radius 1 is 1.12 bits per heavy atom. The number of methoxy groups -OCH3 is 1. The number of hydrazone groups is 1. The van der Waals surface area contributed by atoms with Crippen molar-refractivity contribution in [2.45, 2.75) is 44.8 Å². The van der Waals surface area contributed by atoms with Gasteiger partial charge >= 0.3 is 0 Å². The Morgan fingerprint density at radius 3 is 2.41 bits per heavy atom. The van der Waals surface area contributed by atoms with Crippen LogP contribution in [0.5, 0.6) is 5.75 Å². The predicted molar refractivity (Wildman–Crippen MR) is 129 cm³/mol. The number of thioether (sulfide) groups is 1. The largest absolute Gasteiger partial charge is 0.497 e. The molecule has 7 nitrogen and oxygen atoms in total. The van der Waals surface area contributed by atoms with Crippen molar-refractivity contribution in [3.8, 4) is 17.1 Å². The van der Waals surface area contributed by atoms with Gasteiger partial charge in [-0.15, -0.1) is 10.2 Å². The molecule has 0 saturated carbocycles. The number of benzene rings is 2. The number of hydrogen-bond acceptors (Lipinski definition) is 6. The van der Waals surface area contributed by atoms with Crippen LogP contribution in [-0.2, 0) is 16.8 Å². The fourth-order valence-electron chi connectivity index (χ4n) is 3.04. The van der Waals surface area contributed by atoms with Gasteiger partial charge in [-0.05, 0) is 47.7 Å². The van der Waals surface area contributed by atoms with Gasteiger partial charge in [-0.3, -0.25) is 4.79 Å². The maximum absolute atomic E-state index is 12.2. The van der Waals surface area contributed by atoms with Crippen molar-refractivity contribution in [2.24, 2.45) is 5.10 Å². The van der Waals surface area contributed by atoms with Crippen molar-refractivity contribution >= 4 is 23.9 Å². The second kappa shape index (κ2) is 10.5. The molecular weight excluding hydrogens is 422 g/mol. The molecule has 32 heavy (non-hydrogen) atoms. The topological polar surface area (TPSA) is 81.4 Å². The molecule has 1 amide bonds. The first-order valence-electron chi connectivity index (χ1n) is 10.4. The Hall–Kier alpha value is -3.13. The minimum Gasteiger partial charge on any atom is -0.497 e. The van der Waals surface area contributed by atoms with E-state index in [2.05, 4.69) is 65.8 Å². The number of aromatic nitrogens is 3.